The average Bonchev–Trinajstić information content (AvgIpc) is 3.42. The number of carbonyl (C=O) groups is 3. The van der Waals surface area contributed by atoms with Crippen molar-refractivity contribution in [2.45, 2.75) is 77.8 Å². The fourth-order valence-electron chi connectivity index (χ4n) is 7.45. The molecule has 3 aliphatic heterocycles. The van der Waals surface area contributed by atoms with Gasteiger partial charge in [-0.25, -0.2) is 0 Å². The molecule has 40 heavy (non-hydrogen) atoms. The molecule has 8 heteroatoms. The first kappa shape index (κ1) is 28.3. The molecule has 3 N–H and O–H groups in total. The van der Waals surface area contributed by atoms with Crippen molar-refractivity contribution in [3.63, 3.8) is 0 Å². The van der Waals surface area contributed by atoms with Gasteiger partial charge >= 0.3 is 0 Å². The number of hydrogen-bond acceptors (Lipinski definition) is 5. The second-order valence-corrected chi connectivity index (χ2v) is 12.4. The number of rotatable bonds is 8. The van der Waals surface area contributed by atoms with Crippen molar-refractivity contribution in [3.8, 4) is 0 Å². The number of nitrogens with zero attached hydrogens (tertiary/aromatic N) is 1. The molecule has 0 aromatic heterocycles. The minimum absolute atomic E-state index is 0.0638. The van der Waals surface area contributed by atoms with E-state index in [1.165, 1.54) is 4.90 Å². The van der Waals surface area contributed by atoms with Gasteiger partial charge in [-0.2, -0.15) is 0 Å². The lowest BCUT2D eigenvalue weighted by Crippen LogP contribution is -2.57. The van der Waals surface area contributed by atoms with Crippen LogP contribution in [0.4, 0.5) is 5.69 Å². The molecule has 5 rings (SSSR count). The van der Waals surface area contributed by atoms with Crippen LogP contribution in [0.3, 0.4) is 0 Å². The van der Waals surface area contributed by atoms with Crippen molar-refractivity contribution in [2.75, 3.05) is 11.9 Å². The van der Waals surface area contributed by atoms with E-state index in [1.54, 1.807) is 0 Å². The quantitative estimate of drug-likeness (QED) is 0.468. The molecule has 3 saturated heterocycles. The highest BCUT2D eigenvalue weighted by atomic mass is 16.5. The largest absolute Gasteiger partial charge is 0.394 e. The summed E-state index contributed by atoms with van der Waals surface area (Å²) in [6.07, 6.45) is 0.472. The van der Waals surface area contributed by atoms with Gasteiger partial charge in [0.05, 0.1) is 30.1 Å². The Hall–Kier alpha value is -3.23. The maximum absolute atomic E-state index is 14.4. The number of ether oxygens (including phenoxy) is 1. The van der Waals surface area contributed by atoms with E-state index < -0.39 is 35.1 Å². The Morgan fingerprint density at radius 2 is 1.73 bits per heavy atom. The van der Waals surface area contributed by atoms with Crippen molar-refractivity contribution in [2.24, 2.45) is 23.7 Å². The van der Waals surface area contributed by atoms with E-state index >= 15 is 0 Å². The summed E-state index contributed by atoms with van der Waals surface area (Å²) in [5, 5.41) is 16.6. The SMILES string of the molecule is Cc1cccc(C)c1NC(=O)C1N([C@@H](CO)C(C)C)C(=O)[C@@H]2[C@H](C(=O)NCc3ccccc3)[C@@]3(C)OC12CC3C. The van der Waals surface area contributed by atoms with Crippen LogP contribution in [0.25, 0.3) is 0 Å². The lowest BCUT2D eigenvalue weighted by molar-refractivity contribution is -0.150. The summed E-state index contributed by atoms with van der Waals surface area (Å²) in [5.41, 5.74) is 1.40. The van der Waals surface area contributed by atoms with Gasteiger partial charge in [0.25, 0.3) is 0 Å². The number of hydrogen-bond donors (Lipinski definition) is 3. The number of aliphatic hydroxyl groups is 1. The molecule has 214 valence electrons. The van der Waals surface area contributed by atoms with Crippen LogP contribution in [0.1, 0.15) is 50.8 Å². The van der Waals surface area contributed by atoms with E-state index in [1.807, 2.05) is 90.1 Å². The number of aliphatic hydroxyl groups excluding tert-OH is 1. The van der Waals surface area contributed by atoms with Gasteiger partial charge in [0, 0.05) is 12.2 Å². The van der Waals surface area contributed by atoms with Crippen LogP contribution < -0.4 is 10.6 Å². The van der Waals surface area contributed by atoms with Crippen molar-refractivity contribution in [1.82, 2.24) is 10.2 Å². The molecule has 0 radical (unpaired) electrons. The third-order valence-electron chi connectivity index (χ3n) is 9.64. The predicted octanol–water partition coefficient (Wildman–Crippen LogP) is 3.59. The summed E-state index contributed by atoms with van der Waals surface area (Å²) < 4.78 is 6.81. The normalized spacial score (nSPS) is 31.4. The van der Waals surface area contributed by atoms with Gasteiger partial charge in [0.2, 0.25) is 17.7 Å². The number of anilines is 1. The number of amides is 3. The summed E-state index contributed by atoms with van der Waals surface area (Å²) >= 11 is 0. The Balaban J connectivity index is 1.55. The zero-order valence-electron chi connectivity index (χ0n) is 24.2. The highest BCUT2D eigenvalue weighted by Gasteiger charge is 2.80. The first-order chi connectivity index (χ1) is 19.0. The number of benzene rings is 2. The molecule has 3 heterocycles. The van der Waals surface area contributed by atoms with Crippen LogP contribution in [0, 0.1) is 37.5 Å². The summed E-state index contributed by atoms with van der Waals surface area (Å²) in [4.78, 5) is 44.1. The molecule has 3 aliphatic rings. The van der Waals surface area contributed by atoms with E-state index in [0.29, 0.717) is 18.7 Å². The number of fused-ring (bicyclic) bond motifs is 1. The smallest absolute Gasteiger partial charge is 0.250 e. The van der Waals surface area contributed by atoms with Gasteiger partial charge in [-0.1, -0.05) is 69.3 Å². The number of aryl methyl sites for hydroxylation is 2. The molecule has 2 bridgehead atoms. The molecular weight excluding hydrogens is 506 g/mol. The van der Waals surface area contributed by atoms with Crippen LogP contribution in [-0.4, -0.2) is 57.6 Å². The minimum atomic E-state index is -1.18. The van der Waals surface area contributed by atoms with Crippen LogP contribution >= 0.6 is 0 Å². The maximum atomic E-state index is 14.4. The lowest BCUT2D eigenvalue weighted by atomic mass is 9.62. The van der Waals surface area contributed by atoms with Crippen LogP contribution in [0.5, 0.6) is 0 Å². The standard InChI is InChI=1S/C32H41N3O5/c1-18(2)23(17-36)35-27(29(38)34-26-19(3)11-10-12-20(26)4)32-15-21(5)31(6,40-32)24(25(32)30(35)39)28(37)33-16-22-13-8-7-9-14-22/h7-14,18,21,23-25,27,36H,15-17H2,1-6H3,(H,33,37)(H,34,38)/t21?,23-,24+,25-,27?,31-,32?/m0/s1. The molecule has 2 aromatic carbocycles. The Morgan fingerprint density at radius 1 is 1.07 bits per heavy atom. The molecule has 8 nitrogen and oxygen atoms in total. The molecule has 1 spiro atoms. The Bertz CT molecular complexity index is 1290. The Labute approximate surface area is 236 Å². The van der Waals surface area contributed by atoms with E-state index in [2.05, 4.69) is 10.6 Å². The number of likely N-dealkylation sites (tertiary alicyclic amines) is 1. The zero-order valence-corrected chi connectivity index (χ0v) is 24.2. The summed E-state index contributed by atoms with van der Waals surface area (Å²) in [6, 6.07) is 13.8. The third kappa shape index (κ3) is 4.23. The van der Waals surface area contributed by atoms with Crippen molar-refractivity contribution >= 4 is 23.4 Å². The monoisotopic (exact) mass is 547 g/mol. The van der Waals surface area contributed by atoms with Gasteiger partial charge in [-0.05, 0) is 55.7 Å². The number of carbonyl (C=O) groups excluding carboxylic acids is 3. The van der Waals surface area contributed by atoms with Crippen LogP contribution in [-0.2, 0) is 25.7 Å². The zero-order chi connectivity index (χ0) is 29.0. The van der Waals surface area contributed by atoms with Gasteiger partial charge in [0.1, 0.15) is 11.6 Å². The maximum Gasteiger partial charge on any atom is 0.250 e. The summed E-state index contributed by atoms with van der Waals surface area (Å²) in [7, 11) is 0. The highest BCUT2D eigenvalue weighted by molar-refractivity contribution is 6.04. The third-order valence-corrected chi connectivity index (χ3v) is 9.64. The predicted molar refractivity (Wildman–Crippen MR) is 152 cm³/mol. The second-order valence-electron chi connectivity index (χ2n) is 12.4. The summed E-state index contributed by atoms with van der Waals surface area (Å²) in [6.45, 7) is 11.7. The van der Waals surface area contributed by atoms with Gasteiger partial charge < -0.3 is 25.4 Å². The van der Waals surface area contributed by atoms with E-state index in [9.17, 15) is 19.5 Å². The van der Waals surface area contributed by atoms with E-state index in [4.69, 9.17) is 4.74 Å². The van der Waals surface area contributed by atoms with Crippen molar-refractivity contribution < 1.29 is 24.2 Å². The number of para-hydroxylation sites is 1. The second kappa shape index (κ2) is 10.3. The topological polar surface area (TPSA) is 108 Å². The van der Waals surface area contributed by atoms with Gasteiger partial charge in [-0.3, -0.25) is 14.4 Å². The molecule has 7 atom stereocenters. The minimum Gasteiger partial charge on any atom is -0.394 e. The molecular formula is C32H41N3O5. The fourth-order valence-corrected chi connectivity index (χ4v) is 7.45. The summed E-state index contributed by atoms with van der Waals surface area (Å²) in [5.74, 6) is -2.68. The first-order valence-corrected chi connectivity index (χ1v) is 14.3. The molecule has 3 fully saturated rings. The molecule has 2 aromatic rings. The Kier molecular flexibility index (Phi) is 7.29. The van der Waals surface area contributed by atoms with Crippen LogP contribution in [0.2, 0.25) is 0 Å². The van der Waals surface area contributed by atoms with Gasteiger partial charge in [0.15, 0.2) is 0 Å². The average molecular weight is 548 g/mol. The molecule has 3 unspecified atom stereocenters. The first-order valence-electron chi connectivity index (χ1n) is 14.3. The molecule has 3 amide bonds. The van der Waals surface area contributed by atoms with Crippen LogP contribution in [0.15, 0.2) is 48.5 Å². The van der Waals surface area contributed by atoms with E-state index in [-0.39, 0.29) is 36.2 Å². The molecule has 0 aliphatic carbocycles. The molecule has 0 saturated carbocycles. The van der Waals surface area contributed by atoms with Crippen molar-refractivity contribution in [1.29, 1.82) is 0 Å². The number of nitrogens with one attached hydrogen (secondary N) is 2. The van der Waals surface area contributed by atoms with Gasteiger partial charge in [-0.15, -0.1) is 0 Å². The van der Waals surface area contributed by atoms with E-state index in [0.717, 1.165) is 16.7 Å². The highest BCUT2D eigenvalue weighted by Crippen LogP contribution is 2.65. The lowest BCUT2D eigenvalue weighted by Gasteiger charge is -2.38. The fraction of sp³-hybridized carbons (Fsp3) is 0.531. The van der Waals surface area contributed by atoms with Crippen molar-refractivity contribution in [3.05, 3.63) is 65.2 Å². The Morgan fingerprint density at radius 3 is 2.33 bits per heavy atom.